The van der Waals surface area contributed by atoms with Crippen molar-refractivity contribution in [1.29, 1.82) is 0 Å². The Kier molecular flexibility index (Phi) is 5.89. The van der Waals surface area contributed by atoms with Crippen LogP contribution in [0.1, 0.15) is 19.8 Å². The highest BCUT2D eigenvalue weighted by Crippen LogP contribution is 2.29. The lowest BCUT2D eigenvalue weighted by molar-refractivity contribution is 0.115. The molecule has 0 aliphatic carbocycles. The van der Waals surface area contributed by atoms with Crippen molar-refractivity contribution in [3.63, 3.8) is 0 Å². The number of likely N-dealkylation sites (N-methyl/N-ethyl adjacent to an activating group) is 1. The summed E-state index contributed by atoms with van der Waals surface area (Å²) in [6.07, 6.45) is 3.73. The van der Waals surface area contributed by atoms with Gasteiger partial charge in [-0.1, -0.05) is 34.8 Å². The van der Waals surface area contributed by atoms with Gasteiger partial charge in [0.05, 0.1) is 33.7 Å². The summed E-state index contributed by atoms with van der Waals surface area (Å²) in [4.78, 5) is 14.4. The van der Waals surface area contributed by atoms with Gasteiger partial charge >= 0.3 is 0 Å². The minimum Gasteiger partial charge on any atom is -0.376 e. The molecule has 0 bridgehead atoms. The van der Waals surface area contributed by atoms with Gasteiger partial charge in [-0.05, 0) is 38.0 Å². The molecule has 1 unspecified atom stereocenters. The summed E-state index contributed by atoms with van der Waals surface area (Å²) in [6.45, 7) is 4.50. The summed E-state index contributed by atoms with van der Waals surface area (Å²) in [6, 6.07) is 5.37. The molecule has 0 N–H and O–H groups in total. The fourth-order valence-electron chi connectivity index (χ4n) is 2.91. The van der Waals surface area contributed by atoms with Gasteiger partial charge in [0, 0.05) is 19.7 Å². The molecular weight excluding hydrogens is 385 g/mol. The van der Waals surface area contributed by atoms with E-state index in [2.05, 4.69) is 16.9 Å². The van der Waals surface area contributed by atoms with Crippen molar-refractivity contribution in [3.8, 4) is 5.69 Å². The van der Waals surface area contributed by atoms with Gasteiger partial charge in [0.1, 0.15) is 5.02 Å². The Morgan fingerprint density at radius 3 is 2.76 bits per heavy atom. The lowest BCUT2D eigenvalue weighted by Crippen LogP contribution is -2.32. The predicted octanol–water partition coefficient (Wildman–Crippen LogP) is 4.20. The Labute approximate surface area is 161 Å². The van der Waals surface area contributed by atoms with E-state index in [-0.39, 0.29) is 16.1 Å². The van der Waals surface area contributed by atoms with Gasteiger partial charge in [-0.2, -0.15) is 9.78 Å². The zero-order valence-corrected chi connectivity index (χ0v) is 16.0. The van der Waals surface area contributed by atoms with Crippen LogP contribution in [0.5, 0.6) is 0 Å². The van der Waals surface area contributed by atoms with E-state index in [0.717, 1.165) is 38.2 Å². The second kappa shape index (κ2) is 7.96. The van der Waals surface area contributed by atoms with E-state index in [1.807, 2.05) is 6.07 Å². The van der Waals surface area contributed by atoms with Gasteiger partial charge in [0.15, 0.2) is 0 Å². The third-order valence-corrected chi connectivity index (χ3v) is 5.27. The monoisotopic (exact) mass is 401 g/mol. The first kappa shape index (κ1) is 18.5. The van der Waals surface area contributed by atoms with Crippen LogP contribution in [0.4, 0.5) is 5.69 Å². The molecular formula is C17H18Cl3N3O2. The molecule has 1 aromatic carbocycles. The highest BCUT2D eigenvalue weighted by molar-refractivity contribution is 6.41. The summed E-state index contributed by atoms with van der Waals surface area (Å²) < 4.78 is 6.89. The van der Waals surface area contributed by atoms with E-state index in [0.29, 0.717) is 10.7 Å². The molecule has 0 amide bonds. The normalized spacial score (nSPS) is 17.0. The molecule has 1 aliphatic heterocycles. The molecule has 0 spiro atoms. The number of halogens is 3. The van der Waals surface area contributed by atoms with Crippen LogP contribution in [0.15, 0.2) is 29.2 Å². The maximum atomic E-state index is 12.2. The topological polar surface area (TPSA) is 47.4 Å². The van der Waals surface area contributed by atoms with Crippen molar-refractivity contribution in [1.82, 2.24) is 9.78 Å². The molecule has 0 saturated carbocycles. The SMILES string of the molecule is CCN(CC1CCCO1)c1ccc(-n2ncc(Cl)c(Cl)c2=O)cc1Cl. The maximum absolute atomic E-state index is 12.2. The molecule has 5 nitrogen and oxygen atoms in total. The predicted molar refractivity (Wildman–Crippen MR) is 102 cm³/mol. The summed E-state index contributed by atoms with van der Waals surface area (Å²) in [5, 5.41) is 4.62. The van der Waals surface area contributed by atoms with Gasteiger partial charge in [-0.3, -0.25) is 4.79 Å². The van der Waals surface area contributed by atoms with E-state index in [1.54, 1.807) is 12.1 Å². The Morgan fingerprint density at radius 1 is 1.32 bits per heavy atom. The Hall–Kier alpha value is -1.27. The number of benzene rings is 1. The maximum Gasteiger partial charge on any atom is 0.291 e. The zero-order valence-electron chi connectivity index (χ0n) is 13.7. The van der Waals surface area contributed by atoms with Crippen molar-refractivity contribution in [3.05, 3.63) is 49.8 Å². The number of anilines is 1. The fraction of sp³-hybridized carbons (Fsp3) is 0.412. The molecule has 2 aromatic rings. The fourth-order valence-corrected chi connectivity index (χ4v) is 3.46. The lowest BCUT2D eigenvalue weighted by Gasteiger charge is -2.27. The molecule has 1 aromatic heterocycles. The van der Waals surface area contributed by atoms with Crippen LogP contribution in [0.25, 0.3) is 5.69 Å². The first-order chi connectivity index (χ1) is 12.0. The summed E-state index contributed by atoms with van der Waals surface area (Å²) >= 11 is 18.2. The van der Waals surface area contributed by atoms with Crippen LogP contribution < -0.4 is 10.5 Å². The van der Waals surface area contributed by atoms with E-state index in [4.69, 9.17) is 39.5 Å². The summed E-state index contributed by atoms with van der Waals surface area (Å²) in [5.41, 5.74) is 0.951. The molecule has 1 aliphatic rings. The van der Waals surface area contributed by atoms with Crippen molar-refractivity contribution >= 4 is 40.5 Å². The molecule has 2 heterocycles. The van der Waals surface area contributed by atoms with Gasteiger partial charge in [-0.15, -0.1) is 0 Å². The third kappa shape index (κ3) is 3.95. The highest BCUT2D eigenvalue weighted by atomic mass is 35.5. The van der Waals surface area contributed by atoms with Crippen molar-refractivity contribution in [2.24, 2.45) is 0 Å². The number of rotatable bonds is 5. The minimum atomic E-state index is -0.482. The molecule has 25 heavy (non-hydrogen) atoms. The van der Waals surface area contributed by atoms with E-state index in [1.165, 1.54) is 10.9 Å². The third-order valence-electron chi connectivity index (χ3n) is 4.22. The molecule has 1 saturated heterocycles. The molecule has 3 rings (SSSR count). The zero-order chi connectivity index (χ0) is 18.0. The second-order valence-electron chi connectivity index (χ2n) is 5.83. The van der Waals surface area contributed by atoms with Gasteiger partial charge in [0.2, 0.25) is 0 Å². The van der Waals surface area contributed by atoms with Gasteiger partial charge < -0.3 is 9.64 Å². The summed E-state index contributed by atoms with van der Waals surface area (Å²) in [5.74, 6) is 0. The Morgan fingerprint density at radius 2 is 2.12 bits per heavy atom. The molecule has 1 fully saturated rings. The lowest BCUT2D eigenvalue weighted by atomic mass is 10.2. The van der Waals surface area contributed by atoms with Crippen molar-refractivity contribution < 1.29 is 4.74 Å². The Balaban J connectivity index is 1.90. The average molecular weight is 403 g/mol. The van der Waals surface area contributed by atoms with E-state index >= 15 is 0 Å². The quantitative estimate of drug-likeness (QED) is 0.752. The van der Waals surface area contributed by atoms with Crippen molar-refractivity contribution in [2.75, 3.05) is 24.6 Å². The van der Waals surface area contributed by atoms with E-state index < -0.39 is 5.56 Å². The van der Waals surface area contributed by atoms with Crippen molar-refractivity contribution in [2.45, 2.75) is 25.9 Å². The van der Waals surface area contributed by atoms with Crippen LogP contribution in [0.3, 0.4) is 0 Å². The summed E-state index contributed by atoms with van der Waals surface area (Å²) in [7, 11) is 0. The van der Waals surface area contributed by atoms with Crippen LogP contribution in [-0.4, -0.2) is 35.6 Å². The first-order valence-electron chi connectivity index (χ1n) is 8.11. The van der Waals surface area contributed by atoms with Crippen LogP contribution in [-0.2, 0) is 4.74 Å². The molecule has 134 valence electrons. The smallest absolute Gasteiger partial charge is 0.291 e. The van der Waals surface area contributed by atoms with Crippen LogP contribution >= 0.6 is 34.8 Å². The number of hydrogen-bond acceptors (Lipinski definition) is 4. The first-order valence-corrected chi connectivity index (χ1v) is 9.24. The van der Waals surface area contributed by atoms with Gasteiger partial charge in [-0.25, -0.2) is 0 Å². The van der Waals surface area contributed by atoms with Crippen LogP contribution in [0.2, 0.25) is 15.1 Å². The average Bonchev–Trinajstić information content (AvgIpc) is 3.11. The minimum absolute atomic E-state index is 0.0644. The molecule has 8 heteroatoms. The largest absolute Gasteiger partial charge is 0.376 e. The molecule has 0 radical (unpaired) electrons. The second-order valence-corrected chi connectivity index (χ2v) is 7.03. The number of aromatic nitrogens is 2. The van der Waals surface area contributed by atoms with Gasteiger partial charge in [0.25, 0.3) is 5.56 Å². The number of ether oxygens (including phenoxy) is 1. The Bertz CT molecular complexity index is 819. The standard InChI is InChI=1S/C17H18Cl3N3O2/c1-2-22(10-12-4-3-7-25-12)15-6-5-11(8-13(15)18)23-17(24)16(20)14(19)9-21-23/h5-6,8-9,12H,2-4,7,10H2,1H3. The molecule has 1 atom stereocenters. The number of nitrogens with zero attached hydrogens (tertiary/aromatic N) is 3. The highest BCUT2D eigenvalue weighted by Gasteiger charge is 2.20. The van der Waals surface area contributed by atoms with Crippen LogP contribution in [0, 0.1) is 0 Å². The van der Waals surface area contributed by atoms with E-state index in [9.17, 15) is 4.79 Å². The number of hydrogen-bond donors (Lipinski definition) is 0.